The number of benzene rings is 2. The highest BCUT2D eigenvalue weighted by Gasteiger charge is 2.37. The Balaban J connectivity index is 1.82. The number of anilines is 1. The Labute approximate surface area is 208 Å². The second-order valence-electron chi connectivity index (χ2n) is 8.91. The van der Waals surface area contributed by atoms with Crippen LogP contribution in [0.4, 0.5) is 32.0 Å². The van der Waals surface area contributed by atoms with E-state index in [0.29, 0.717) is 47.5 Å². The van der Waals surface area contributed by atoms with Crippen LogP contribution in [0.15, 0.2) is 53.3 Å². The lowest BCUT2D eigenvalue weighted by molar-refractivity contribution is -0.143. The topological polar surface area (TPSA) is 54.3 Å². The van der Waals surface area contributed by atoms with Gasteiger partial charge in [-0.15, -0.1) is 0 Å². The molecule has 11 heteroatoms. The Bertz CT molecular complexity index is 1360. The minimum atomic E-state index is -5.01. The number of rotatable bonds is 4. The van der Waals surface area contributed by atoms with Crippen LogP contribution in [0.5, 0.6) is 0 Å². The van der Waals surface area contributed by atoms with Crippen LogP contribution in [0.25, 0.3) is 11.1 Å². The smallest absolute Gasteiger partial charge is 0.384 e. The number of alkyl halides is 6. The molecule has 4 rings (SSSR count). The summed E-state index contributed by atoms with van der Waals surface area (Å²) < 4.78 is 81.0. The first kappa shape index (κ1) is 26.3. The van der Waals surface area contributed by atoms with Crippen molar-refractivity contribution in [3.05, 3.63) is 86.8 Å². The number of halogens is 6. The van der Waals surface area contributed by atoms with Crippen molar-refractivity contribution in [2.45, 2.75) is 31.7 Å². The molecule has 0 bridgehead atoms. The first-order chi connectivity index (χ1) is 17.3. The summed E-state index contributed by atoms with van der Waals surface area (Å²) in [5, 5.41) is 3.20. The molecule has 5 nitrogen and oxygen atoms in total. The molecule has 1 aromatic heterocycles. The molecule has 1 N–H and O–H groups in total. The van der Waals surface area contributed by atoms with Gasteiger partial charge in [0.15, 0.2) is 0 Å². The molecule has 1 aliphatic rings. The normalized spacial score (nSPS) is 13.6. The summed E-state index contributed by atoms with van der Waals surface area (Å²) in [5.41, 5.74) is -1.57. The first-order valence-electron chi connectivity index (χ1n) is 11.4. The van der Waals surface area contributed by atoms with E-state index in [1.165, 1.54) is 18.7 Å². The molecule has 2 aromatic carbocycles. The van der Waals surface area contributed by atoms with E-state index in [1.54, 1.807) is 30.3 Å². The van der Waals surface area contributed by atoms with Crippen molar-refractivity contribution in [2.24, 2.45) is 7.05 Å². The molecule has 0 saturated carbocycles. The molecule has 37 heavy (non-hydrogen) atoms. The summed E-state index contributed by atoms with van der Waals surface area (Å²) >= 11 is 0. The van der Waals surface area contributed by atoms with E-state index in [2.05, 4.69) is 5.32 Å². The number of hydrogen-bond acceptors (Lipinski definition) is 3. The van der Waals surface area contributed by atoms with Crippen LogP contribution in [0.1, 0.15) is 39.2 Å². The minimum absolute atomic E-state index is 0.0186. The number of hydrogen-bond donors (Lipinski definition) is 1. The lowest BCUT2D eigenvalue weighted by Crippen LogP contribution is -2.36. The number of fused-ring (bicyclic) bond motifs is 1. The number of aromatic nitrogens is 1. The molecule has 3 aromatic rings. The van der Waals surface area contributed by atoms with Gasteiger partial charge in [0.2, 0.25) is 0 Å². The Kier molecular flexibility index (Phi) is 6.83. The van der Waals surface area contributed by atoms with Crippen molar-refractivity contribution >= 4 is 11.6 Å². The maximum absolute atomic E-state index is 13.7. The molecule has 1 amide bonds. The van der Waals surface area contributed by atoms with Gasteiger partial charge in [-0.05, 0) is 42.2 Å². The van der Waals surface area contributed by atoms with E-state index in [-0.39, 0.29) is 17.3 Å². The molecule has 196 valence electrons. The number of pyridine rings is 1. The lowest BCUT2D eigenvalue weighted by Gasteiger charge is -2.27. The highest BCUT2D eigenvalue weighted by molar-refractivity contribution is 6.03. The van der Waals surface area contributed by atoms with Crippen molar-refractivity contribution in [1.29, 1.82) is 0 Å². The molecule has 0 atom stereocenters. The Morgan fingerprint density at radius 3 is 2.16 bits per heavy atom. The van der Waals surface area contributed by atoms with Gasteiger partial charge in [-0.3, -0.25) is 9.59 Å². The third-order valence-electron chi connectivity index (χ3n) is 6.27. The van der Waals surface area contributed by atoms with E-state index in [0.717, 1.165) is 11.3 Å². The van der Waals surface area contributed by atoms with Gasteiger partial charge in [0.05, 0.1) is 16.8 Å². The average molecular weight is 523 g/mol. The van der Waals surface area contributed by atoms with E-state index >= 15 is 0 Å². The van der Waals surface area contributed by atoms with Crippen LogP contribution in [0, 0.1) is 0 Å². The fourth-order valence-corrected chi connectivity index (χ4v) is 4.53. The Hall–Kier alpha value is -3.76. The second kappa shape index (κ2) is 9.60. The third kappa shape index (κ3) is 5.21. The molecule has 0 spiro atoms. The van der Waals surface area contributed by atoms with Crippen molar-refractivity contribution in [3.8, 4) is 11.1 Å². The molecule has 2 heterocycles. The van der Waals surface area contributed by atoms with Gasteiger partial charge in [0.1, 0.15) is 5.69 Å². The summed E-state index contributed by atoms with van der Waals surface area (Å²) in [4.78, 5) is 27.8. The second-order valence-corrected chi connectivity index (χ2v) is 8.91. The average Bonchev–Trinajstić information content (AvgIpc) is 2.85. The molecule has 0 unspecified atom stereocenters. The zero-order valence-electron chi connectivity index (χ0n) is 19.9. The number of carbonyl (C=O) groups excluding carboxylic acids is 1. The third-order valence-corrected chi connectivity index (χ3v) is 6.27. The first-order valence-corrected chi connectivity index (χ1v) is 11.4. The molecular weight excluding hydrogens is 500 g/mol. The molecule has 0 fully saturated rings. The van der Waals surface area contributed by atoms with Crippen molar-refractivity contribution in [3.63, 3.8) is 0 Å². The van der Waals surface area contributed by atoms with Crippen molar-refractivity contribution < 1.29 is 31.1 Å². The van der Waals surface area contributed by atoms with Crippen LogP contribution >= 0.6 is 0 Å². The summed E-state index contributed by atoms with van der Waals surface area (Å²) in [5.74, 6) is -0.723. The lowest BCUT2D eigenvalue weighted by atomic mass is 9.94. The zero-order valence-corrected chi connectivity index (χ0v) is 19.9. The van der Waals surface area contributed by atoms with Gasteiger partial charge in [-0.25, -0.2) is 0 Å². The standard InChI is InChI=1S/C26H23F6N3O2/c1-34(14-15-11-17(25(27,28)29)13-18(12-15)26(30,31)32)24(37)22-20(16-7-4-3-5-8-16)21-19(9-6-10-33-21)23(36)35(22)2/h3-5,7-8,11-13,33H,6,9-10,14H2,1-2H3. The number of nitrogens with zero attached hydrogens (tertiary/aromatic N) is 2. The largest absolute Gasteiger partial charge is 0.416 e. The minimum Gasteiger partial charge on any atom is -0.384 e. The highest BCUT2D eigenvalue weighted by Crippen LogP contribution is 2.38. The highest BCUT2D eigenvalue weighted by atomic mass is 19.4. The summed E-state index contributed by atoms with van der Waals surface area (Å²) in [6.45, 7) is 0.0344. The number of carbonyl (C=O) groups is 1. The van der Waals surface area contributed by atoms with Gasteiger partial charge in [-0.2, -0.15) is 26.3 Å². The monoisotopic (exact) mass is 523 g/mol. The fourth-order valence-electron chi connectivity index (χ4n) is 4.53. The molecule has 0 aliphatic carbocycles. The van der Waals surface area contributed by atoms with Gasteiger partial charge < -0.3 is 14.8 Å². The predicted molar refractivity (Wildman–Crippen MR) is 126 cm³/mol. The molecular formula is C26H23F6N3O2. The van der Waals surface area contributed by atoms with Gasteiger partial charge in [0.25, 0.3) is 11.5 Å². The van der Waals surface area contributed by atoms with Crippen LogP contribution in [-0.4, -0.2) is 29.0 Å². The zero-order chi connectivity index (χ0) is 27.1. The van der Waals surface area contributed by atoms with Crippen LogP contribution < -0.4 is 10.9 Å². The molecule has 1 aliphatic heterocycles. The van der Waals surface area contributed by atoms with Crippen molar-refractivity contribution in [1.82, 2.24) is 9.47 Å². The number of nitrogens with one attached hydrogen (secondary N) is 1. The summed E-state index contributed by atoms with van der Waals surface area (Å²) in [6.07, 6.45) is -8.79. The van der Waals surface area contributed by atoms with Crippen LogP contribution in [-0.2, 0) is 32.4 Å². The van der Waals surface area contributed by atoms with E-state index in [1.807, 2.05) is 0 Å². The van der Waals surface area contributed by atoms with Gasteiger partial charge >= 0.3 is 12.4 Å². The van der Waals surface area contributed by atoms with E-state index < -0.39 is 41.5 Å². The fraction of sp³-hybridized carbons (Fsp3) is 0.308. The Morgan fingerprint density at radius 1 is 1.00 bits per heavy atom. The SMILES string of the molecule is CN(Cc1cc(C(F)(F)F)cc(C(F)(F)F)c1)C(=O)c1c(-c2ccccc2)c2c(c(=O)n1C)CCCN2. The molecule has 0 saturated heterocycles. The Morgan fingerprint density at radius 2 is 1.59 bits per heavy atom. The number of amides is 1. The van der Waals surface area contributed by atoms with Gasteiger partial charge in [-0.1, -0.05) is 30.3 Å². The maximum Gasteiger partial charge on any atom is 0.416 e. The van der Waals surface area contributed by atoms with E-state index in [9.17, 15) is 35.9 Å². The quantitative estimate of drug-likeness (QED) is 0.445. The van der Waals surface area contributed by atoms with Gasteiger partial charge in [0, 0.05) is 38.3 Å². The van der Waals surface area contributed by atoms with Crippen LogP contribution in [0.2, 0.25) is 0 Å². The van der Waals surface area contributed by atoms with Crippen molar-refractivity contribution in [2.75, 3.05) is 18.9 Å². The molecule has 0 radical (unpaired) electrons. The predicted octanol–water partition coefficient (Wildman–Crippen LogP) is 5.72. The van der Waals surface area contributed by atoms with E-state index in [4.69, 9.17) is 0 Å². The summed E-state index contributed by atoms with van der Waals surface area (Å²) in [6, 6.07) is 10.0. The maximum atomic E-state index is 13.7. The van der Waals surface area contributed by atoms with Crippen LogP contribution in [0.3, 0.4) is 0 Å². The summed E-state index contributed by atoms with van der Waals surface area (Å²) in [7, 11) is 2.69.